The molecule has 11 aromatic rings. The van der Waals surface area contributed by atoms with E-state index in [1.54, 1.807) is 0 Å². The van der Waals surface area contributed by atoms with Crippen LogP contribution in [-0.2, 0) is 0 Å². The van der Waals surface area contributed by atoms with E-state index in [-0.39, 0.29) is 0 Å². The molecule has 0 N–H and O–H groups in total. The first kappa shape index (κ1) is 28.0. The molecule has 0 amide bonds. The van der Waals surface area contributed by atoms with Gasteiger partial charge in [-0.3, -0.25) is 0 Å². The number of aromatic nitrogens is 2. The number of furan rings is 1. The summed E-state index contributed by atoms with van der Waals surface area (Å²) >= 11 is 0. The highest BCUT2D eigenvalue weighted by Crippen LogP contribution is 2.40. The lowest BCUT2D eigenvalue weighted by atomic mass is 9.99. The maximum absolute atomic E-state index is 6.26. The van der Waals surface area contributed by atoms with Crippen molar-refractivity contribution in [3.63, 3.8) is 0 Å². The van der Waals surface area contributed by atoms with Gasteiger partial charge >= 0.3 is 0 Å². The van der Waals surface area contributed by atoms with Crippen LogP contribution in [0.4, 0.5) is 0 Å². The minimum absolute atomic E-state index is 0.907. The highest BCUT2D eigenvalue weighted by Gasteiger charge is 2.17. The molecule has 0 aliphatic rings. The number of rotatable bonds is 4. The summed E-state index contributed by atoms with van der Waals surface area (Å²) in [5, 5.41) is 7.28. The molecule has 238 valence electrons. The van der Waals surface area contributed by atoms with Crippen LogP contribution in [0.15, 0.2) is 186 Å². The van der Waals surface area contributed by atoms with Crippen LogP contribution >= 0.6 is 0 Å². The van der Waals surface area contributed by atoms with Gasteiger partial charge in [-0.25, -0.2) is 0 Å². The molecule has 0 aliphatic heterocycles. The van der Waals surface area contributed by atoms with Gasteiger partial charge in [0.15, 0.2) is 0 Å². The Bertz CT molecular complexity index is 3140. The zero-order valence-corrected chi connectivity index (χ0v) is 27.6. The molecule has 51 heavy (non-hydrogen) atoms. The van der Waals surface area contributed by atoms with E-state index in [4.69, 9.17) is 4.42 Å². The third-order valence-corrected chi connectivity index (χ3v) is 10.5. The van der Waals surface area contributed by atoms with Gasteiger partial charge in [-0.1, -0.05) is 115 Å². The molecular weight excluding hydrogens is 621 g/mol. The molecule has 3 aromatic heterocycles. The standard InChI is InChI=1S/C48H30N2O/c1-2-13-34(14-3-1)49-43-21-8-5-17-38(43)41-29-31(25-27-44(41)49)32-24-26-39-37-16-4-7-20-42(37)50(45(39)30-32)35-15-10-12-33(28-35)36-19-11-23-47-48(36)40-18-6-9-22-46(40)51-47/h1-30H. The summed E-state index contributed by atoms with van der Waals surface area (Å²) < 4.78 is 11.0. The Labute approximate surface area is 293 Å². The Kier molecular flexibility index (Phi) is 5.96. The second-order valence-corrected chi connectivity index (χ2v) is 13.3. The monoisotopic (exact) mass is 650 g/mol. The Balaban J connectivity index is 1.11. The van der Waals surface area contributed by atoms with Gasteiger partial charge in [-0.15, -0.1) is 0 Å². The minimum Gasteiger partial charge on any atom is -0.456 e. The predicted octanol–water partition coefficient (Wildman–Crippen LogP) is 13.1. The van der Waals surface area contributed by atoms with E-state index in [9.17, 15) is 0 Å². The van der Waals surface area contributed by atoms with Crippen LogP contribution in [0.1, 0.15) is 0 Å². The quantitative estimate of drug-likeness (QED) is 0.186. The third-order valence-electron chi connectivity index (χ3n) is 10.5. The Morgan fingerprint density at radius 1 is 0.314 bits per heavy atom. The van der Waals surface area contributed by atoms with Crippen LogP contribution in [-0.4, -0.2) is 9.13 Å². The first-order valence-corrected chi connectivity index (χ1v) is 17.4. The van der Waals surface area contributed by atoms with Gasteiger partial charge < -0.3 is 13.6 Å². The smallest absolute Gasteiger partial charge is 0.136 e. The van der Waals surface area contributed by atoms with Crippen LogP contribution in [0.2, 0.25) is 0 Å². The van der Waals surface area contributed by atoms with Crippen molar-refractivity contribution in [1.29, 1.82) is 0 Å². The van der Waals surface area contributed by atoms with Crippen LogP contribution < -0.4 is 0 Å². The Morgan fingerprint density at radius 2 is 0.902 bits per heavy atom. The number of benzene rings is 8. The van der Waals surface area contributed by atoms with E-state index in [1.165, 1.54) is 66.0 Å². The van der Waals surface area contributed by atoms with E-state index in [1.807, 2.05) is 12.1 Å². The lowest BCUT2D eigenvalue weighted by molar-refractivity contribution is 0.669. The van der Waals surface area contributed by atoms with Crippen LogP contribution in [0.3, 0.4) is 0 Å². The molecule has 0 radical (unpaired) electrons. The predicted molar refractivity (Wildman–Crippen MR) is 213 cm³/mol. The maximum atomic E-state index is 6.26. The third kappa shape index (κ3) is 4.19. The van der Waals surface area contributed by atoms with Gasteiger partial charge in [0.1, 0.15) is 11.2 Å². The number of para-hydroxylation sites is 4. The second kappa shape index (κ2) is 10.8. The molecule has 0 unspecified atom stereocenters. The van der Waals surface area contributed by atoms with Crippen LogP contribution in [0.25, 0.3) is 99.2 Å². The Morgan fingerprint density at radius 3 is 1.75 bits per heavy atom. The molecule has 8 aromatic carbocycles. The zero-order valence-electron chi connectivity index (χ0n) is 27.6. The summed E-state index contributed by atoms with van der Waals surface area (Å²) in [5.74, 6) is 0. The van der Waals surface area contributed by atoms with Crippen LogP contribution in [0.5, 0.6) is 0 Å². The molecular formula is C48H30N2O. The fraction of sp³-hybridized carbons (Fsp3) is 0. The SMILES string of the molecule is c1ccc(-n2c3ccccc3c3cc(-c4ccc5c6ccccc6n(-c6cccc(-c7cccc8oc9ccccc9c78)c6)c5c4)ccc32)cc1. The van der Waals surface area contributed by atoms with Crippen molar-refractivity contribution in [2.45, 2.75) is 0 Å². The molecule has 0 atom stereocenters. The summed E-state index contributed by atoms with van der Waals surface area (Å²) in [4.78, 5) is 0. The lowest BCUT2D eigenvalue weighted by Gasteiger charge is -2.12. The average Bonchev–Trinajstić information content (AvgIpc) is 3.85. The van der Waals surface area contributed by atoms with E-state index in [0.29, 0.717) is 0 Å². The summed E-state index contributed by atoms with van der Waals surface area (Å²) in [6.45, 7) is 0. The van der Waals surface area contributed by atoms with Crippen molar-refractivity contribution in [3.05, 3.63) is 182 Å². The van der Waals surface area contributed by atoms with Crippen molar-refractivity contribution in [2.75, 3.05) is 0 Å². The van der Waals surface area contributed by atoms with Crippen molar-refractivity contribution < 1.29 is 4.42 Å². The highest BCUT2D eigenvalue weighted by atomic mass is 16.3. The molecule has 0 spiro atoms. The fourth-order valence-corrected chi connectivity index (χ4v) is 8.26. The molecule has 3 nitrogen and oxygen atoms in total. The lowest BCUT2D eigenvalue weighted by Crippen LogP contribution is -1.95. The molecule has 0 bridgehead atoms. The summed E-state index contributed by atoms with van der Waals surface area (Å²) in [5.41, 5.74) is 13.6. The number of nitrogens with zero attached hydrogens (tertiary/aromatic N) is 2. The van der Waals surface area contributed by atoms with E-state index in [2.05, 4.69) is 179 Å². The molecule has 0 aliphatic carbocycles. The van der Waals surface area contributed by atoms with Crippen molar-refractivity contribution in [1.82, 2.24) is 9.13 Å². The minimum atomic E-state index is 0.907. The highest BCUT2D eigenvalue weighted by molar-refractivity contribution is 6.14. The molecule has 11 rings (SSSR count). The van der Waals surface area contributed by atoms with Gasteiger partial charge in [0, 0.05) is 43.7 Å². The first-order chi connectivity index (χ1) is 25.3. The normalized spacial score (nSPS) is 11.9. The Hall–Kier alpha value is -6.84. The van der Waals surface area contributed by atoms with Crippen LogP contribution in [0, 0.1) is 0 Å². The second-order valence-electron chi connectivity index (χ2n) is 13.3. The zero-order chi connectivity index (χ0) is 33.5. The van der Waals surface area contributed by atoms with Crippen molar-refractivity contribution in [2.24, 2.45) is 0 Å². The summed E-state index contributed by atoms with van der Waals surface area (Å²) in [6, 6.07) is 65.5. The summed E-state index contributed by atoms with van der Waals surface area (Å²) in [7, 11) is 0. The van der Waals surface area contributed by atoms with Gasteiger partial charge in [0.25, 0.3) is 0 Å². The molecule has 0 saturated carbocycles. The van der Waals surface area contributed by atoms with Crippen molar-refractivity contribution in [3.8, 4) is 33.6 Å². The van der Waals surface area contributed by atoms with Gasteiger partial charge in [-0.05, 0) is 89.0 Å². The molecule has 3 heteroatoms. The van der Waals surface area contributed by atoms with E-state index in [0.717, 1.165) is 33.2 Å². The van der Waals surface area contributed by atoms with E-state index >= 15 is 0 Å². The van der Waals surface area contributed by atoms with E-state index < -0.39 is 0 Å². The first-order valence-electron chi connectivity index (χ1n) is 17.4. The fourth-order valence-electron chi connectivity index (χ4n) is 8.26. The average molecular weight is 651 g/mol. The molecule has 3 heterocycles. The summed E-state index contributed by atoms with van der Waals surface area (Å²) in [6.07, 6.45) is 0. The molecule has 0 fully saturated rings. The topological polar surface area (TPSA) is 23.0 Å². The van der Waals surface area contributed by atoms with Gasteiger partial charge in [0.05, 0.1) is 22.1 Å². The van der Waals surface area contributed by atoms with Gasteiger partial charge in [-0.2, -0.15) is 0 Å². The van der Waals surface area contributed by atoms with Crippen molar-refractivity contribution >= 4 is 65.6 Å². The largest absolute Gasteiger partial charge is 0.456 e. The number of hydrogen-bond donors (Lipinski definition) is 0. The number of hydrogen-bond acceptors (Lipinski definition) is 1. The maximum Gasteiger partial charge on any atom is 0.136 e. The molecule has 0 saturated heterocycles. The number of fused-ring (bicyclic) bond motifs is 9. The van der Waals surface area contributed by atoms with Gasteiger partial charge in [0.2, 0.25) is 0 Å².